The number of carboxylic acid groups (broad SMARTS) is 1. The average Bonchev–Trinajstić information content (AvgIpc) is 2.76. The van der Waals surface area contributed by atoms with Crippen molar-refractivity contribution in [2.45, 2.75) is 142 Å². The van der Waals surface area contributed by atoms with E-state index >= 15 is 0 Å². The fourth-order valence-electron chi connectivity index (χ4n) is 8.11. The van der Waals surface area contributed by atoms with Crippen molar-refractivity contribution < 1.29 is 9.90 Å². The lowest BCUT2D eigenvalue weighted by Crippen LogP contribution is -2.53. The predicted octanol–water partition coefficient (Wildman–Crippen LogP) is 8.53. The minimum absolute atomic E-state index is 0.0698. The Bertz CT molecular complexity index is 503. The van der Waals surface area contributed by atoms with E-state index in [-0.39, 0.29) is 5.41 Å². The summed E-state index contributed by atoms with van der Waals surface area (Å²) in [7, 11) is 0. The van der Waals surface area contributed by atoms with E-state index < -0.39 is 11.4 Å². The molecule has 1 N–H and O–H groups in total. The minimum atomic E-state index is -0.450. The monoisotopic (exact) mass is 404 g/mol. The van der Waals surface area contributed by atoms with Crippen LogP contribution >= 0.6 is 0 Å². The second kappa shape index (κ2) is 10.2. The minimum Gasteiger partial charge on any atom is -0.481 e. The number of aliphatic carboxylic acids is 1. The highest BCUT2D eigenvalue weighted by Crippen LogP contribution is 2.64. The van der Waals surface area contributed by atoms with Gasteiger partial charge >= 0.3 is 5.97 Å². The molecule has 168 valence electrons. The summed E-state index contributed by atoms with van der Waals surface area (Å²) in [6, 6.07) is 0. The quantitative estimate of drug-likeness (QED) is 0.391. The molecule has 0 radical (unpaired) electrons. The Morgan fingerprint density at radius 3 is 1.93 bits per heavy atom. The largest absolute Gasteiger partial charge is 0.481 e. The first-order chi connectivity index (χ1) is 14.0. The fourth-order valence-corrected chi connectivity index (χ4v) is 8.11. The molecular formula is C27H48O2. The van der Waals surface area contributed by atoms with E-state index in [4.69, 9.17) is 0 Å². The molecule has 3 aliphatic carbocycles. The van der Waals surface area contributed by atoms with Gasteiger partial charge in [0.1, 0.15) is 0 Å². The number of hydrogen-bond acceptors (Lipinski definition) is 1. The fraction of sp³-hybridized carbons (Fsp3) is 0.963. The Morgan fingerprint density at radius 2 is 1.38 bits per heavy atom. The van der Waals surface area contributed by atoms with Crippen molar-refractivity contribution in [2.24, 2.45) is 22.2 Å². The molecule has 2 nitrogen and oxygen atoms in total. The number of rotatable bonds is 9. The van der Waals surface area contributed by atoms with Crippen molar-refractivity contribution in [2.75, 3.05) is 0 Å². The predicted molar refractivity (Wildman–Crippen MR) is 122 cm³/mol. The first kappa shape index (κ1) is 23.1. The van der Waals surface area contributed by atoms with Gasteiger partial charge in [0.05, 0.1) is 5.41 Å². The maximum atomic E-state index is 12.8. The molecule has 3 saturated carbocycles. The third-order valence-electron chi connectivity index (χ3n) is 9.81. The molecule has 3 aliphatic rings. The molecule has 0 amide bonds. The van der Waals surface area contributed by atoms with Crippen LogP contribution in [-0.4, -0.2) is 11.1 Å². The summed E-state index contributed by atoms with van der Waals surface area (Å²) in [5.74, 6) is 0.464. The lowest BCUT2D eigenvalue weighted by Gasteiger charge is -2.58. The van der Waals surface area contributed by atoms with Gasteiger partial charge in [-0.2, -0.15) is 0 Å². The van der Waals surface area contributed by atoms with Crippen molar-refractivity contribution in [1.82, 2.24) is 0 Å². The lowest BCUT2D eigenvalue weighted by atomic mass is 9.46. The second-order valence-corrected chi connectivity index (χ2v) is 11.1. The van der Waals surface area contributed by atoms with Crippen LogP contribution in [-0.2, 0) is 4.79 Å². The van der Waals surface area contributed by atoms with Crippen molar-refractivity contribution in [3.8, 4) is 0 Å². The SMILES string of the molecule is CCCCCC1(C2(C(=O)O)CCCCC2)CCC(CCC)(C2CCCCC2)CC1. The Hall–Kier alpha value is -0.530. The van der Waals surface area contributed by atoms with E-state index in [2.05, 4.69) is 13.8 Å². The summed E-state index contributed by atoms with van der Waals surface area (Å²) >= 11 is 0. The average molecular weight is 405 g/mol. The van der Waals surface area contributed by atoms with Gasteiger partial charge in [-0.25, -0.2) is 0 Å². The van der Waals surface area contributed by atoms with Gasteiger partial charge in [0.2, 0.25) is 0 Å². The number of unbranched alkanes of at least 4 members (excludes halogenated alkanes) is 2. The number of carboxylic acids is 1. The van der Waals surface area contributed by atoms with Gasteiger partial charge in [0.25, 0.3) is 0 Å². The third-order valence-corrected chi connectivity index (χ3v) is 9.81. The molecule has 29 heavy (non-hydrogen) atoms. The molecule has 2 heteroatoms. The molecule has 0 aromatic rings. The van der Waals surface area contributed by atoms with Gasteiger partial charge < -0.3 is 5.11 Å². The molecular weight excluding hydrogens is 356 g/mol. The zero-order valence-electron chi connectivity index (χ0n) is 19.6. The van der Waals surface area contributed by atoms with Gasteiger partial charge in [-0.05, 0) is 81.0 Å². The molecule has 3 fully saturated rings. The normalized spacial score (nSPS) is 33.4. The molecule has 0 bridgehead atoms. The van der Waals surface area contributed by atoms with Crippen LogP contribution in [0.4, 0.5) is 0 Å². The van der Waals surface area contributed by atoms with Gasteiger partial charge in [-0.15, -0.1) is 0 Å². The van der Waals surface area contributed by atoms with Gasteiger partial charge in [0.15, 0.2) is 0 Å². The zero-order chi connectivity index (χ0) is 20.8. The molecule has 0 atom stereocenters. The summed E-state index contributed by atoms with van der Waals surface area (Å²) in [5.41, 5.74) is 0.169. The highest BCUT2D eigenvalue weighted by atomic mass is 16.4. The van der Waals surface area contributed by atoms with Crippen molar-refractivity contribution >= 4 is 5.97 Å². The summed E-state index contributed by atoms with van der Waals surface area (Å²) in [6.07, 6.45) is 25.1. The Labute approximate surface area is 180 Å². The van der Waals surface area contributed by atoms with E-state index in [1.165, 1.54) is 103 Å². The van der Waals surface area contributed by atoms with E-state index in [1.807, 2.05) is 0 Å². The molecule has 0 aromatic carbocycles. The first-order valence-electron chi connectivity index (χ1n) is 13.3. The summed E-state index contributed by atoms with van der Waals surface area (Å²) in [6.45, 7) is 4.64. The summed E-state index contributed by atoms with van der Waals surface area (Å²) < 4.78 is 0. The molecule has 0 heterocycles. The van der Waals surface area contributed by atoms with E-state index in [0.29, 0.717) is 5.41 Å². The van der Waals surface area contributed by atoms with Crippen LogP contribution in [0.25, 0.3) is 0 Å². The van der Waals surface area contributed by atoms with Crippen LogP contribution in [0.15, 0.2) is 0 Å². The van der Waals surface area contributed by atoms with Crippen molar-refractivity contribution in [3.63, 3.8) is 0 Å². The van der Waals surface area contributed by atoms with Crippen LogP contribution in [0.2, 0.25) is 0 Å². The molecule has 3 rings (SSSR count). The highest BCUT2D eigenvalue weighted by molar-refractivity contribution is 5.76. The van der Waals surface area contributed by atoms with E-state index in [9.17, 15) is 9.90 Å². The van der Waals surface area contributed by atoms with Crippen molar-refractivity contribution in [3.05, 3.63) is 0 Å². The Kier molecular flexibility index (Phi) is 8.13. The number of hydrogen-bond donors (Lipinski definition) is 1. The van der Waals surface area contributed by atoms with E-state index in [1.54, 1.807) is 0 Å². The maximum Gasteiger partial charge on any atom is 0.310 e. The van der Waals surface area contributed by atoms with Gasteiger partial charge in [-0.3, -0.25) is 4.79 Å². The van der Waals surface area contributed by atoms with Gasteiger partial charge in [-0.1, -0.05) is 78.1 Å². The topological polar surface area (TPSA) is 37.3 Å². The second-order valence-electron chi connectivity index (χ2n) is 11.1. The molecule has 0 aromatic heterocycles. The van der Waals surface area contributed by atoms with Crippen LogP contribution in [0.1, 0.15) is 142 Å². The standard InChI is InChI=1S/C27H48O2/c1-3-5-10-16-26(27(24(28)29)17-11-7-12-18-27)21-19-25(15-4-2,20-22-26)23-13-8-6-9-14-23/h23H,3-22H2,1-2H3,(H,28,29). The maximum absolute atomic E-state index is 12.8. The first-order valence-corrected chi connectivity index (χ1v) is 13.3. The Balaban J connectivity index is 1.85. The van der Waals surface area contributed by atoms with Gasteiger partial charge in [0, 0.05) is 0 Å². The van der Waals surface area contributed by atoms with E-state index in [0.717, 1.165) is 31.6 Å². The summed E-state index contributed by atoms with van der Waals surface area (Å²) in [5, 5.41) is 10.5. The molecule has 0 unspecified atom stereocenters. The number of carbonyl (C=O) groups is 1. The third kappa shape index (κ3) is 4.57. The smallest absolute Gasteiger partial charge is 0.310 e. The molecule has 0 spiro atoms. The highest BCUT2D eigenvalue weighted by Gasteiger charge is 2.58. The van der Waals surface area contributed by atoms with Crippen LogP contribution in [0.5, 0.6) is 0 Å². The van der Waals surface area contributed by atoms with Crippen molar-refractivity contribution in [1.29, 1.82) is 0 Å². The van der Waals surface area contributed by atoms with Crippen LogP contribution < -0.4 is 0 Å². The summed E-state index contributed by atoms with van der Waals surface area (Å²) in [4.78, 5) is 12.8. The molecule has 0 aliphatic heterocycles. The molecule has 0 saturated heterocycles. The van der Waals surface area contributed by atoms with Crippen LogP contribution in [0, 0.1) is 22.2 Å². The zero-order valence-corrected chi connectivity index (χ0v) is 19.6. The lowest BCUT2D eigenvalue weighted by molar-refractivity contribution is -0.171. The Morgan fingerprint density at radius 1 is 0.759 bits per heavy atom. The van der Waals surface area contributed by atoms with Crippen LogP contribution in [0.3, 0.4) is 0 Å².